The fourth-order valence-electron chi connectivity index (χ4n) is 1.35. The van der Waals surface area contributed by atoms with Crippen LogP contribution in [-0.2, 0) is 9.53 Å². The van der Waals surface area contributed by atoms with Crippen LogP contribution in [0, 0.1) is 0 Å². The summed E-state index contributed by atoms with van der Waals surface area (Å²) < 4.78 is 4.69. The molecule has 0 aliphatic heterocycles. The van der Waals surface area contributed by atoms with Crippen LogP contribution in [0.15, 0.2) is 40.8 Å². The van der Waals surface area contributed by atoms with Crippen molar-refractivity contribution in [2.24, 2.45) is 0 Å². The molecule has 1 aromatic carbocycles. The maximum Gasteiger partial charge on any atom is 0.333 e. The van der Waals surface area contributed by atoms with E-state index >= 15 is 0 Å². The predicted octanol–water partition coefficient (Wildman–Crippen LogP) is 2.87. The van der Waals surface area contributed by atoms with Crippen LogP contribution in [0.1, 0.15) is 13.3 Å². The Morgan fingerprint density at radius 1 is 1.47 bits per heavy atom. The average molecular weight is 251 g/mol. The van der Waals surface area contributed by atoms with E-state index in [0.717, 1.165) is 10.6 Å². The van der Waals surface area contributed by atoms with E-state index in [1.807, 2.05) is 37.3 Å². The number of thioether (sulfide) groups is 1. The van der Waals surface area contributed by atoms with Gasteiger partial charge in [0.1, 0.15) is 0 Å². The van der Waals surface area contributed by atoms with Gasteiger partial charge in [-0.25, -0.2) is 4.79 Å². The van der Waals surface area contributed by atoms with E-state index in [4.69, 9.17) is 5.73 Å². The number of anilines is 1. The number of esters is 1. The monoisotopic (exact) mass is 251 g/mol. The molecule has 0 unspecified atom stereocenters. The van der Waals surface area contributed by atoms with Crippen LogP contribution in [-0.4, -0.2) is 18.8 Å². The Labute approximate surface area is 106 Å². The Hall–Kier alpha value is -1.42. The lowest BCUT2D eigenvalue weighted by Gasteiger charge is -2.04. The Morgan fingerprint density at radius 2 is 2.18 bits per heavy atom. The zero-order valence-corrected chi connectivity index (χ0v) is 10.9. The average Bonchev–Trinajstić information content (AvgIpc) is 2.36. The number of hydrogen-bond donors (Lipinski definition) is 1. The molecular weight excluding hydrogens is 234 g/mol. The minimum Gasteiger partial charge on any atom is -0.466 e. The van der Waals surface area contributed by atoms with Crippen LogP contribution in [0.5, 0.6) is 0 Å². The highest BCUT2D eigenvalue weighted by atomic mass is 32.2. The molecule has 0 spiro atoms. The summed E-state index contributed by atoms with van der Waals surface area (Å²) >= 11 is 1.61. The van der Waals surface area contributed by atoms with Gasteiger partial charge in [0.25, 0.3) is 0 Å². The molecule has 0 bridgehead atoms. The van der Waals surface area contributed by atoms with Gasteiger partial charge in [-0.15, -0.1) is 11.8 Å². The minimum absolute atomic E-state index is 0.255. The summed E-state index contributed by atoms with van der Waals surface area (Å²) in [7, 11) is 1.40. The first-order valence-corrected chi connectivity index (χ1v) is 6.42. The summed E-state index contributed by atoms with van der Waals surface area (Å²) in [4.78, 5) is 12.4. The van der Waals surface area contributed by atoms with E-state index < -0.39 is 0 Å². The van der Waals surface area contributed by atoms with Crippen molar-refractivity contribution in [1.82, 2.24) is 0 Å². The quantitative estimate of drug-likeness (QED) is 0.378. The van der Waals surface area contributed by atoms with Gasteiger partial charge in [-0.05, 0) is 18.6 Å². The van der Waals surface area contributed by atoms with E-state index in [1.54, 1.807) is 11.8 Å². The van der Waals surface area contributed by atoms with E-state index in [-0.39, 0.29) is 5.97 Å². The number of carbonyl (C=O) groups is 1. The van der Waals surface area contributed by atoms with Crippen LogP contribution >= 0.6 is 11.8 Å². The molecule has 4 heteroatoms. The third-order valence-electron chi connectivity index (χ3n) is 2.32. The molecule has 3 nitrogen and oxygen atoms in total. The van der Waals surface area contributed by atoms with Crippen LogP contribution < -0.4 is 5.73 Å². The van der Waals surface area contributed by atoms with Crippen molar-refractivity contribution in [3.63, 3.8) is 0 Å². The zero-order chi connectivity index (χ0) is 12.7. The number of nitrogen functional groups attached to an aromatic ring is 1. The Kier molecular flexibility index (Phi) is 5.63. The van der Waals surface area contributed by atoms with Gasteiger partial charge in [0.05, 0.1) is 7.11 Å². The molecule has 0 saturated carbocycles. The van der Waals surface area contributed by atoms with Gasteiger partial charge in [-0.3, -0.25) is 0 Å². The van der Waals surface area contributed by atoms with E-state index in [2.05, 4.69) is 4.74 Å². The first-order chi connectivity index (χ1) is 8.19. The molecule has 0 atom stereocenters. The number of nitrogens with two attached hydrogens (primary N) is 1. The normalized spacial score (nSPS) is 11.3. The van der Waals surface area contributed by atoms with E-state index in [0.29, 0.717) is 17.7 Å². The molecule has 17 heavy (non-hydrogen) atoms. The Balaban J connectivity index is 2.59. The third kappa shape index (κ3) is 4.15. The smallest absolute Gasteiger partial charge is 0.333 e. The van der Waals surface area contributed by atoms with Crippen molar-refractivity contribution in [2.45, 2.75) is 18.2 Å². The first kappa shape index (κ1) is 13.6. The summed E-state index contributed by atoms with van der Waals surface area (Å²) in [5.41, 5.74) is 7.29. The topological polar surface area (TPSA) is 52.3 Å². The standard InChI is InChI=1S/C13H17NO2S/c1-3-10(13(15)16-2)8-9-17-12-7-5-4-6-11(12)14/h4-8H,3,9,14H2,1-2H3. The maximum atomic E-state index is 11.3. The van der Waals surface area contributed by atoms with Gasteiger partial charge in [-0.1, -0.05) is 25.1 Å². The summed E-state index contributed by atoms with van der Waals surface area (Å²) in [6, 6.07) is 7.69. The number of benzene rings is 1. The molecule has 0 aliphatic carbocycles. The van der Waals surface area contributed by atoms with Gasteiger partial charge in [0.2, 0.25) is 0 Å². The molecule has 0 saturated heterocycles. The second-order valence-corrected chi connectivity index (χ2v) is 4.49. The molecule has 0 aromatic heterocycles. The number of ether oxygens (including phenoxy) is 1. The number of carbonyl (C=O) groups excluding carboxylic acids is 1. The maximum absolute atomic E-state index is 11.3. The SMILES string of the molecule is CCC(=CCSc1ccccc1N)C(=O)OC. The molecule has 2 N–H and O–H groups in total. The fourth-order valence-corrected chi connectivity index (χ4v) is 2.22. The van der Waals surface area contributed by atoms with Crippen molar-refractivity contribution in [3.8, 4) is 0 Å². The highest BCUT2D eigenvalue weighted by molar-refractivity contribution is 7.99. The molecule has 1 aromatic rings. The van der Waals surface area contributed by atoms with Gasteiger partial charge < -0.3 is 10.5 Å². The summed E-state index contributed by atoms with van der Waals surface area (Å²) in [6.45, 7) is 1.93. The molecule has 0 amide bonds. The predicted molar refractivity (Wildman–Crippen MR) is 72.0 cm³/mol. The van der Waals surface area contributed by atoms with Gasteiger partial charge in [-0.2, -0.15) is 0 Å². The Morgan fingerprint density at radius 3 is 2.76 bits per heavy atom. The second-order valence-electron chi connectivity index (χ2n) is 3.42. The molecule has 1 rings (SSSR count). The van der Waals surface area contributed by atoms with Crippen molar-refractivity contribution in [2.75, 3.05) is 18.6 Å². The lowest BCUT2D eigenvalue weighted by molar-refractivity contribution is -0.136. The van der Waals surface area contributed by atoms with E-state index in [1.165, 1.54) is 7.11 Å². The number of rotatable bonds is 5. The van der Waals surface area contributed by atoms with Gasteiger partial charge in [0.15, 0.2) is 0 Å². The lowest BCUT2D eigenvalue weighted by Crippen LogP contribution is -2.04. The molecule has 0 heterocycles. The van der Waals surface area contributed by atoms with Gasteiger partial charge in [0, 0.05) is 21.9 Å². The summed E-state index contributed by atoms with van der Waals surface area (Å²) in [5, 5.41) is 0. The van der Waals surface area contributed by atoms with E-state index in [9.17, 15) is 4.79 Å². The van der Waals surface area contributed by atoms with Crippen LogP contribution in [0.3, 0.4) is 0 Å². The van der Waals surface area contributed by atoms with Gasteiger partial charge >= 0.3 is 5.97 Å². The molecule has 0 radical (unpaired) electrons. The highest BCUT2D eigenvalue weighted by Gasteiger charge is 2.06. The summed E-state index contributed by atoms with van der Waals surface area (Å²) in [6.07, 6.45) is 2.57. The summed E-state index contributed by atoms with van der Waals surface area (Å²) in [5.74, 6) is 0.459. The number of para-hydroxylation sites is 1. The van der Waals surface area contributed by atoms with Crippen LogP contribution in [0.25, 0.3) is 0 Å². The molecule has 0 aliphatic rings. The van der Waals surface area contributed by atoms with Crippen LogP contribution in [0.2, 0.25) is 0 Å². The molecular formula is C13H17NO2S. The second kappa shape index (κ2) is 7.01. The van der Waals surface area contributed by atoms with Crippen molar-refractivity contribution in [1.29, 1.82) is 0 Å². The number of hydrogen-bond acceptors (Lipinski definition) is 4. The Bertz CT molecular complexity index is 416. The largest absolute Gasteiger partial charge is 0.466 e. The van der Waals surface area contributed by atoms with Crippen molar-refractivity contribution >= 4 is 23.4 Å². The molecule has 0 fully saturated rings. The third-order valence-corrected chi connectivity index (χ3v) is 3.33. The first-order valence-electron chi connectivity index (χ1n) is 5.43. The zero-order valence-electron chi connectivity index (χ0n) is 10.1. The fraction of sp³-hybridized carbons (Fsp3) is 0.308. The lowest BCUT2D eigenvalue weighted by atomic mass is 10.2. The van der Waals surface area contributed by atoms with Crippen molar-refractivity contribution in [3.05, 3.63) is 35.9 Å². The van der Waals surface area contributed by atoms with Crippen molar-refractivity contribution < 1.29 is 9.53 Å². The highest BCUT2D eigenvalue weighted by Crippen LogP contribution is 2.24. The number of methoxy groups -OCH3 is 1. The minimum atomic E-state index is -0.255. The molecule has 92 valence electrons. The van der Waals surface area contributed by atoms with Crippen LogP contribution in [0.4, 0.5) is 5.69 Å².